The van der Waals surface area contributed by atoms with Gasteiger partial charge >= 0.3 is 0 Å². The van der Waals surface area contributed by atoms with Crippen LogP contribution in [0.2, 0.25) is 0 Å². The lowest BCUT2D eigenvalue weighted by Crippen LogP contribution is -2.23. The third kappa shape index (κ3) is 3.13. The number of fused-ring (bicyclic) bond motifs is 1. The first-order chi connectivity index (χ1) is 11.7. The average molecular weight is 324 g/mol. The van der Waals surface area contributed by atoms with E-state index < -0.39 is 0 Å². The number of aromatic nitrogens is 3. The van der Waals surface area contributed by atoms with Crippen LogP contribution in [-0.4, -0.2) is 20.5 Å². The molecule has 2 heterocycles. The quantitative estimate of drug-likeness (QED) is 0.785. The summed E-state index contributed by atoms with van der Waals surface area (Å²) in [5.41, 5.74) is 2.16. The first-order valence-corrected chi connectivity index (χ1v) is 8.05. The topological polar surface area (TPSA) is 59.3 Å². The maximum atomic E-state index is 12.9. The van der Waals surface area contributed by atoms with Gasteiger partial charge in [0.2, 0.25) is 0 Å². The van der Waals surface area contributed by atoms with Crippen LogP contribution in [0.5, 0.6) is 0 Å². The van der Waals surface area contributed by atoms with Gasteiger partial charge in [0.15, 0.2) is 5.65 Å². The molecule has 3 aromatic rings. The largest absolute Gasteiger partial charge is 0.348 e. The van der Waals surface area contributed by atoms with Crippen molar-refractivity contribution in [1.29, 1.82) is 0 Å². The number of carbonyl (C=O) groups is 1. The molecular weight excluding hydrogens is 307 g/mol. The van der Waals surface area contributed by atoms with Crippen molar-refractivity contribution in [3.63, 3.8) is 0 Å². The van der Waals surface area contributed by atoms with Gasteiger partial charge in [0.05, 0.1) is 5.56 Å². The Morgan fingerprint density at radius 2 is 1.96 bits per heavy atom. The molecule has 0 radical (unpaired) electrons. The number of hydrogen-bond donors (Lipinski definition) is 1. The normalized spacial score (nSPS) is 14.0. The molecule has 122 valence electrons. The highest BCUT2D eigenvalue weighted by Gasteiger charge is 2.24. The Bertz CT molecular complexity index is 884. The summed E-state index contributed by atoms with van der Waals surface area (Å²) in [4.78, 5) is 12.4. The minimum absolute atomic E-state index is 0.174. The second-order valence-corrected chi connectivity index (χ2v) is 6.22. The van der Waals surface area contributed by atoms with E-state index in [0.29, 0.717) is 18.0 Å². The molecule has 1 aliphatic carbocycles. The third-order valence-corrected chi connectivity index (χ3v) is 4.27. The summed E-state index contributed by atoms with van der Waals surface area (Å²) < 4.78 is 14.8. The molecule has 1 aliphatic rings. The lowest BCUT2D eigenvalue weighted by Gasteiger charge is -2.06. The van der Waals surface area contributed by atoms with Crippen molar-refractivity contribution in [2.75, 3.05) is 0 Å². The molecule has 0 atom stereocenters. The molecule has 5 nitrogen and oxygen atoms in total. The van der Waals surface area contributed by atoms with Gasteiger partial charge in [-0.15, -0.1) is 10.2 Å². The molecule has 4 rings (SSSR count). The van der Waals surface area contributed by atoms with Gasteiger partial charge in [-0.1, -0.05) is 12.1 Å². The molecule has 1 N–H and O–H groups in total. The lowest BCUT2D eigenvalue weighted by atomic mass is 10.2. The first-order valence-electron chi connectivity index (χ1n) is 8.05. The van der Waals surface area contributed by atoms with Crippen LogP contribution in [0.4, 0.5) is 4.39 Å². The molecule has 2 aromatic heterocycles. The molecule has 0 saturated heterocycles. The summed E-state index contributed by atoms with van der Waals surface area (Å²) in [6.07, 6.45) is 5.17. The van der Waals surface area contributed by atoms with Gasteiger partial charge in [0.1, 0.15) is 11.6 Å². The van der Waals surface area contributed by atoms with E-state index in [1.54, 1.807) is 30.5 Å². The average Bonchev–Trinajstić information content (AvgIpc) is 3.33. The van der Waals surface area contributed by atoms with Crippen molar-refractivity contribution >= 4 is 11.6 Å². The molecule has 24 heavy (non-hydrogen) atoms. The van der Waals surface area contributed by atoms with Gasteiger partial charge in [0, 0.05) is 19.2 Å². The minimum Gasteiger partial charge on any atom is -0.348 e. The van der Waals surface area contributed by atoms with Crippen LogP contribution >= 0.6 is 0 Å². The zero-order valence-corrected chi connectivity index (χ0v) is 13.1. The predicted octanol–water partition coefficient (Wildman–Crippen LogP) is 2.75. The maximum absolute atomic E-state index is 12.9. The lowest BCUT2D eigenvalue weighted by molar-refractivity contribution is 0.0950. The Morgan fingerprint density at radius 3 is 2.71 bits per heavy atom. The summed E-state index contributed by atoms with van der Waals surface area (Å²) >= 11 is 0. The Kier molecular flexibility index (Phi) is 3.72. The van der Waals surface area contributed by atoms with Crippen LogP contribution in [-0.2, 0) is 13.0 Å². The molecule has 0 unspecified atom stereocenters. The Morgan fingerprint density at radius 1 is 1.17 bits per heavy atom. The number of rotatable bonds is 5. The number of halogens is 1. The standard InChI is InChI=1S/C18H17FN4O/c19-15-6-3-13(4-7-15)10-20-18(24)14-5-8-16-21-22-17(23(16)11-14)9-12-1-2-12/h3-8,11-12H,1-2,9-10H2,(H,20,24). The fourth-order valence-electron chi connectivity index (χ4n) is 2.68. The monoisotopic (exact) mass is 324 g/mol. The predicted molar refractivity (Wildman–Crippen MR) is 87.0 cm³/mol. The Labute approximate surface area is 138 Å². The van der Waals surface area contributed by atoms with Crippen molar-refractivity contribution in [2.24, 2.45) is 5.92 Å². The van der Waals surface area contributed by atoms with Crippen molar-refractivity contribution in [1.82, 2.24) is 19.9 Å². The fourth-order valence-corrected chi connectivity index (χ4v) is 2.68. The summed E-state index contributed by atoms with van der Waals surface area (Å²) in [6, 6.07) is 9.63. The number of amides is 1. The number of hydrogen-bond acceptors (Lipinski definition) is 3. The van der Waals surface area contributed by atoms with E-state index in [1.807, 2.05) is 4.40 Å². The molecule has 1 aromatic carbocycles. The molecule has 0 bridgehead atoms. The smallest absolute Gasteiger partial charge is 0.253 e. The van der Waals surface area contributed by atoms with Gasteiger partial charge in [0.25, 0.3) is 5.91 Å². The minimum atomic E-state index is -0.286. The van der Waals surface area contributed by atoms with Crippen molar-refractivity contribution in [2.45, 2.75) is 25.8 Å². The number of benzene rings is 1. The first kappa shape index (κ1) is 14.8. The van der Waals surface area contributed by atoms with Crippen LogP contribution in [0.3, 0.4) is 0 Å². The van der Waals surface area contributed by atoms with E-state index >= 15 is 0 Å². The van der Waals surface area contributed by atoms with Crippen LogP contribution in [0.15, 0.2) is 42.6 Å². The highest BCUT2D eigenvalue weighted by atomic mass is 19.1. The molecule has 1 amide bonds. The van der Waals surface area contributed by atoms with Crippen molar-refractivity contribution < 1.29 is 9.18 Å². The number of carbonyl (C=O) groups excluding carboxylic acids is 1. The van der Waals surface area contributed by atoms with E-state index in [1.165, 1.54) is 25.0 Å². The van der Waals surface area contributed by atoms with Crippen LogP contribution in [0, 0.1) is 11.7 Å². The van der Waals surface area contributed by atoms with E-state index in [9.17, 15) is 9.18 Å². The highest BCUT2D eigenvalue weighted by molar-refractivity contribution is 5.94. The van der Waals surface area contributed by atoms with Crippen LogP contribution in [0.1, 0.15) is 34.6 Å². The SMILES string of the molecule is O=C(NCc1ccc(F)cc1)c1ccc2nnc(CC3CC3)n2c1. The number of nitrogens with zero attached hydrogens (tertiary/aromatic N) is 3. The zero-order valence-electron chi connectivity index (χ0n) is 13.1. The van der Waals surface area contributed by atoms with Crippen LogP contribution in [0.25, 0.3) is 5.65 Å². The molecule has 0 spiro atoms. The molecule has 6 heteroatoms. The summed E-state index contributed by atoms with van der Waals surface area (Å²) in [6.45, 7) is 0.355. The second kappa shape index (κ2) is 6.03. The second-order valence-electron chi connectivity index (χ2n) is 6.22. The van der Waals surface area contributed by atoms with Gasteiger partial charge < -0.3 is 5.32 Å². The molecular formula is C18H17FN4O. The van der Waals surface area contributed by atoms with Crippen molar-refractivity contribution in [3.05, 3.63) is 65.4 Å². The third-order valence-electron chi connectivity index (χ3n) is 4.27. The van der Waals surface area contributed by atoms with E-state index in [0.717, 1.165) is 23.5 Å². The molecule has 0 aliphatic heterocycles. The van der Waals surface area contributed by atoms with Gasteiger partial charge in [-0.05, 0) is 48.6 Å². The van der Waals surface area contributed by atoms with E-state index in [-0.39, 0.29) is 11.7 Å². The van der Waals surface area contributed by atoms with E-state index in [4.69, 9.17) is 0 Å². The zero-order chi connectivity index (χ0) is 16.5. The van der Waals surface area contributed by atoms with E-state index in [2.05, 4.69) is 15.5 Å². The summed E-state index contributed by atoms with van der Waals surface area (Å²) in [5, 5.41) is 11.2. The number of pyridine rings is 1. The van der Waals surface area contributed by atoms with Crippen LogP contribution < -0.4 is 5.32 Å². The number of nitrogens with one attached hydrogen (secondary N) is 1. The van der Waals surface area contributed by atoms with Crippen molar-refractivity contribution in [3.8, 4) is 0 Å². The maximum Gasteiger partial charge on any atom is 0.253 e. The van der Waals surface area contributed by atoms with Gasteiger partial charge in [-0.25, -0.2) is 4.39 Å². The fraction of sp³-hybridized carbons (Fsp3) is 0.278. The Balaban J connectivity index is 1.49. The summed E-state index contributed by atoms with van der Waals surface area (Å²) in [7, 11) is 0. The van der Waals surface area contributed by atoms with Gasteiger partial charge in [-0.2, -0.15) is 0 Å². The molecule has 1 fully saturated rings. The highest BCUT2D eigenvalue weighted by Crippen LogP contribution is 2.32. The van der Waals surface area contributed by atoms with Gasteiger partial charge in [-0.3, -0.25) is 9.20 Å². The molecule has 1 saturated carbocycles. The Hall–Kier alpha value is -2.76. The summed E-state index contributed by atoms with van der Waals surface area (Å²) in [5.74, 6) is 1.15.